The van der Waals surface area contributed by atoms with E-state index in [0.717, 1.165) is 31.5 Å². The Hall–Kier alpha value is -1.19. The summed E-state index contributed by atoms with van der Waals surface area (Å²) in [7, 11) is 0. The van der Waals surface area contributed by atoms with Crippen molar-refractivity contribution in [3.63, 3.8) is 0 Å². The summed E-state index contributed by atoms with van der Waals surface area (Å²) in [5, 5.41) is 0. The number of hydrogen-bond acceptors (Lipinski definition) is 3. The standard InChI is InChI=1S/C18H27NO2/c1-5-6-15-7-9-16(10-8-15)17(20)12-19-11-14(2)21-18(3,4)13-19/h7-10,14H,5-6,11-13H2,1-4H3. The Labute approximate surface area is 128 Å². The maximum Gasteiger partial charge on any atom is 0.176 e. The number of ether oxygens (including phenoxy) is 1. The first-order valence-electron chi connectivity index (χ1n) is 7.92. The van der Waals surface area contributed by atoms with Crippen LogP contribution in [0.4, 0.5) is 0 Å². The normalized spacial score (nSPS) is 22.2. The summed E-state index contributed by atoms with van der Waals surface area (Å²) >= 11 is 0. The largest absolute Gasteiger partial charge is 0.370 e. The van der Waals surface area contributed by atoms with E-state index in [1.54, 1.807) is 0 Å². The molecule has 1 aromatic carbocycles. The number of morpholine rings is 1. The van der Waals surface area contributed by atoms with Crippen LogP contribution in [0.15, 0.2) is 24.3 Å². The molecule has 0 aliphatic carbocycles. The van der Waals surface area contributed by atoms with Crippen molar-refractivity contribution in [3.05, 3.63) is 35.4 Å². The molecule has 3 heteroatoms. The minimum Gasteiger partial charge on any atom is -0.370 e. The number of Topliss-reactive ketones (excluding diaryl/α,β-unsaturated/α-hetero) is 1. The lowest BCUT2D eigenvalue weighted by Crippen LogP contribution is -2.53. The highest BCUT2D eigenvalue weighted by molar-refractivity contribution is 5.97. The van der Waals surface area contributed by atoms with Crippen molar-refractivity contribution in [2.75, 3.05) is 19.6 Å². The van der Waals surface area contributed by atoms with Crippen LogP contribution in [0.2, 0.25) is 0 Å². The average Bonchev–Trinajstić information content (AvgIpc) is 2.37. The summed E-state index contributed by atoms with van der Waals surface area (Å²) in [6, 6.07) is 8.07. The molecular formula is C18H27NO2. The highest BCUT2D eigenvalue weighted by Gasteiger charge is 2.32. The van der Waals surface area contributed by atoms with Gasteiger partial charge in [0, 0.05) is 18.7 Å². The first-order valence-corrected chi connectivity index (χ1v) is 7.92. The zero-order valence-corrected chi connectivity index (χ0v) is 13.7. The van der Waals surface area contributed by atoms with Gasteiger partial charge in [0.05, 0.1) is 18.2 Å². The van der Waals surface area contributed by atoms with Crippen LogP contribution in [-0.2, 0) is 11.2 Å². The first-order chi connectivity index (χ1) is 9.89. The molecule has 1 fully saturated rings. The third-order valence-corrected chi connectivity index (χ3v) is 3.82. The molecule has 1 aromatic rings. The Morgan fingerprint density at radius 3 is 2.57 bits per heavy atom. The second kappa shape index (κ2) is 6.71. The molecule has 0 bridgehead atoms. The summed E-state index contributed by atoms with van der Waals surface area (Å²) in [5.41, 5.74) is 1.94. The zero-order chi connectivity index (χ0) is 15.5. The van der Waals surface area contributed by atoms with Gasteiger partial charge in [-0.2, -0.15) is 0 Å². The molecule has 2 rings (SSSR count). The summed E-state index contributed by atoms with van der Waals surface area (Å²) < 4.78 is 5.88. The predicted octanol–water partition coefficient (Wildman–Crippen LogP) is 3.32. The van der Waals surface area contributed by atoms with Crippen molar-refractivity contribution >= 4 is 5.78 Å². The van der Waals surface area contributed by atoms with E-state index in [-0.39, 0.29) is 17.5 Å². The second-order valence-corrected chi connectivity index (χ2v) is 6.73. The number of benzene rings is 1. The van der Waals surface area contributed by atoms with Gasteiger partial charge in [-0.25, -0.2) is 0 Å². The van der Waals surface area contributed by atoms with E-state index >= 15 is 0 Å². The SMILES string of the molecule is CCCc1ccc(C(=O)CN2CC(C)OC(C)(C)C2)cc1. The third-order valence-electron chi connectivity index (χ3n) is 3.82. The molecular weight excluding hydrogens is 262 g/mol. The summed E-state index contributed by atoms with van der Waals surface area (Å²) in [6.07, 6.45) is 2.38. The highest BCUT2D eigenvalue weighted by atomic mass is 16.5. The maximum absolute atomic E-state index is 12.4. The van der Waals surface area contributed by atoms with Gasteiger partial charge in [0.15, 0.2) is 5.78 Å². The fourth-order valence-electron chi connectivity index (χ4n) is 3.15. The van der Waals surface area contributed by atoms with E-state index in [4.69, 9.17) is 4.74 Å². The molecule has 0 N–H and O–H groups in total. The van der Waals surface area contributed by atoms with Crippen LogP contribution < -0.4 is 0 Å². The number of rotatable bonds is 5. The van der Waals surface area contributed by atoms with Crippen LogP contribution in [0.3, 0.4) is 0 Å². The lowest BCUT2D eigenvalue weighted by Gasteiger charge is -2.41. The van der Waals surface area contributed by atoms with Crippen LogP contribution in [0.1, 0.15) is 50.0 Å². The van der Waals surface area contributed by atoms with E-state index in [1.165, 1.54) is 5.56 Å². The second-order valence-electron chi connectivity index (χ2n) is 6.73. The highest BCUT2D eigenvalue weighted by Crippen LogP contribution is 2.21. The Balaban J connectivity index is 1.97. The van der Waals surface area contributed by atoms with Gasteiger partial charge in [0.1, 0.15) is 0 Å². The minimum atomic E-state index is -0.178. The van der Waals surface area contributed by atoms with Gasteiger partial charge in [0.25, 0.3) is 0 Å². The summed E-state index contributed by atoms with van der Waals surface area (Å²) in [5.74, 6) is 0.197. The molecule has 0 spiro atoms. The van der Waals surface area contributed by atoms with E-state index in [2.05, 4.69) is 44.7 Å². The van der Waals surface area contributed by atoms with Crippen molar-refractivity contribution in [3.8, 4) is 0 Å². The maximum atomic E-state index is 12.4. The Morgan fingerprint density at radius 2 is 2.00 bits per heavy atom. The Bertz CT molecular complexity index is 478. The van der Waals surface area contributed by atoms with Crippen LogP contribution >= 0.6 is 0 Å². The molecule has 1 saturated heterocycles. The van der Waals surface area contributed by atoms with Crippen LogP contribution in [0, 0.1) is 0 Å². The number of carbonyl (C=O) groups is 1. The molecule has 1 aliphatic heterocycles. The number of nitrogens with zero attached hydrogens (tertiary/aromatic N) is 1. The Morgan fingerprint density at radius 1 is 1.33 bits per heavy atom. The lowest BCUT2D eigenvalue weighted by molar-refractivity contribution is -0.126. The lowest BCUT2D eigenvalue weighted by atomic mass is 10.0. The van der Waals surface area contributed by atoms with E-state index < -0.39 is 0 Å². The van der Waals surface area contributed by atoms with Crippen LogP contribution in [-0.4, -0.2) is 42.0 Å². The first kappa shape index (κ1) is 16.2. The van der Waals surface area contributed by atoms with Crippen molar-refractivity contribution < 1.29 is 9.53 Å². The topological polar surface area (TPSA) is 29.5 Å². The monoisotopic (exact) mass is 289 g/mol. The van der Waals surface area contributed by atoms with Gasteiger partial charge in [-0.1, -0.05) is 37.6 Å². The number of hydrogen-bond donors (Lipinski definition) is 0. The smallest absolute Gasteiger partial charge is 0.176 e. The fraction of sp³-hybridized carbons (Fsp3) is 0.611. The molecule has 0 radical (unpaired) electrons. The fourth-order valence-corrected chi connectivity index (χ4v) is 3.15. The molecule has 1 aliphatic rings. The van der Waals surface area contributed by atoms with Gasteiger partial charge in [-0.05, 0) is 32.8 Å². The summed E-state index contributed by atoms with van der Waals surface area (Å²) in [4.78, 5) is 14.6. The van der Waals surface area contributed by atoms with Crippen LogP contribution in [0.5, 0.6) is 0 Å². The van der Waals surface area contributed by atoms with E-state index in [0.29, 0.717) is 6.54 Å². The van der Waals surface area contributed by atoms with E-state index in [9.17, 15) is 4.79 Å². The molecule has 0 aromatic heterocycles. The third kappa shape index (κ3) is 4.65. The number of aryl methyl sites for hydroxylation is 1. The van der Waals surface area contributed by atoms with Crippen molar-refractivity contribution in [1.29, 1.82) is 0 Å². The average molecular weight is 289 g/mol. The zero-order valence-electron chi connectivity index (χ0n) is 13.7. The van der Waals surface area contributed by atoms with Crippen molar-refractivity contribution in [2.45, 2.75) is 52.2 Å². The van der Waals surface area contributed by atoms with Gasteiger partial charge >= 0.3 is 0 Å². The van der Waals surface area contributed by atoms with Crippen LogP contribution in [0.25, 0.3) is 0 Å². The molecule has 21 heavy (non-hydrogen) atoms. The molecule has 1 atom stereocenters. The number of ketones is 1. The Kier molecular flexibility index (Phi) is 5.17. The molecule has 1 heterocycles. The van der Waals surface area contributed by atoms with Gasteiger partial charge in [-0.3, -0.25) is 9.69 Å². The number of carbonyl (C=O) groups excluding carboxylic acids is 1. The van der Waals surface area contributed by atoms with Crippen molar-refractivity contribution in [1.82, 2.24) is 4.90 Å². The molecule has 1 unspecified atom stereocenters. The molecule has 0 amide bonds. The van der Waals surface area contributed by atoms with Crippen molar-refractivity contribution in [2.24, 2.45) is 0 Å². The molecule has 0 saturated carbocycles. The predicted molar refractivity (Wildman–Crippen MR) is 85.8 cm³/mol. The quantitative estimate of drug-likeness (QED) is 0.779. The van der Waals surface area contributed by atoms with Gasteiger partial charge in [-0.15, -0.1) is 0 Å². The van der Waals surface area contributed by atoms with Gasteiger partial charge in [0.2, 0.25) is 0 Å². The van der Waals surface area contributed by atoms with Gasteiger partial charge < -0.3 is 4.74 Å². The summed E-state index contributed by atoms with van der Waals surface area (Å²) in [6.45, 7) is 10.5. The molecule has 3 nitrogen and oxygen atoms in total. The molecule has 116 valence electrons. The van der Waals surface area contributed by atoms with E-state index in [1.807, 2.05) is 12.1 Å². The minimum absolute atomic E-state index is 0.175.